The Balaban J connectivity index is 2.19. The molecule has 0 aliphatic carbocycles. The van der Waals surface area contributed by atoms with Crippen LogP contribution in [0.2, 0.25) is 5.02 Å². The average molecular weight is 308 g/mol. The van der Waals surface area contributed by atoms with Gasteiger partial charge in [0, 0.05) is 17.7 Å². The fourth-order valence-electron chi connectivity index (χ4n) is 1.96. The van der Waals surface area contributed by atoms with Gasteiger partial charge in [0.05, 0.1) is 5.02 Å². The van der Waals surface area contributed by atoms with E-state index in [4.69, 9.17) is 21.1 Å². The third kappa shape index (κ3) is 4.09. The molecule has 0 atom stereocenters. The van der Waals surface area contributed by atoms with Gasteiger partial charge in [0.25, 0.3) is 0 Å². The van der Waals surface area contributed by atoms with Gasteiger partial charge in [-0.1, -0.05) is 24.9 Å². The molecule has 0 saturated carbocycles. The van der Waals surface area contributed by atoms with Crippen molar-refractivity contribution in [3.63, 3.8) is 0 Å². The molecule has 0 spiro atoms. The molecule has 21 heavy (non-hydrogen) atoms. The number of carbonyl (C=O) groups is 1. The summed E-state index contributed by atoms with van der Waals surface area (Å²) in [6.07, 6.45) is 2.35. The third-order valence-corrected chi connectivity index (χ3v) is 3.42. The Hall–Kier alpha value is -1.78. The standard InChI is InChI=1S/C16H18ClNO3/c1-2-3-4-16(20)18-11-5-7-14(17)13(9-11)15-8-6-12(10-19)21-15/h5-9,19H,2-4,10H2,1H3,(H,18,20). The van der Waals surface area contributed by atoms with Crippen LogP contribution in [0.5, 0.6) is 0 Å². The number of amides is 1. The Morgan fingerprint density at radius 1 is 1.33 bits per heavy atom. The van der Waals surface area contributed by atoms with Crippen LogP contribution in [0.4, 0.5) is 5.69 Å². The number of hydrogen-bond acceptors (Lipinski definition) is 3. The Bertz CT molecular complexity index is 622. The molecule has 0 unspecified atom stereocenters. The molecule has 112 valence electrons. The van der Waals surface area contributed by atoms with Crippen molar-refractivity contribution in [2.24, 2.45) is 0 Å². The van der Waals surface area contributed by atoms with Crippen LogP contribution < -0.4 is 5.32 Å². The number of unbranched alkanes of at least 4 members (excludes halogenated alkanes) is 1. The smallest absolute Gasteiger partial charge is 0.224 e. The number of aliphatic hydroxyl groups is 1. The first-order valence-corrected chi connectivity index (χ1v) is 7.31. The van der Waals surface area contributed by atoms with E-state index in [1.165, 1.54) is 0 Å². The van der Waals surface area contributed by atoms with Gasteiger partial charge < -0.3 is 14.8 Å². The molecule has 2 aromatic rings. The van der Waals surface area contributed by atoms with Crippen LogP contribution in [0.1, 0.15) is 31.9 Å². The van der Waals surface area contributed by atoms with Crippen molar-refractivity contribution in [1.82, 2.24) is 0 Å². The summed E-state index contributed by atoms with van der Waals surface area (Å²) in [7, 11) is 0. The number of aliphatic hydroxyl groups excluding tert-OH is 1. The van der Waals surface area contributed by atoms with E-state index in [9.17, 15) is 4.79 Å². The topological polar surface area (TPSA) is 62.5 Å². The summed E-state index contributed by atoms with van der Waals surface area (Å²) < 4.78 is 5.48. The van der Waals surface area contributed by atoms with Crippen molar-refractivity contribution < 1.29 is 14.3 Å². The van der Waals surface area contributed by atoms with E-state index in [2.05, 4.69) is 5.32 Å². The maximum atomic E-state index is 11.8. The van der Waals surface area contributed by atoms with Crippen molar-refractivity contribution >= 4 is 23.2 Å². The summed E-state index contributed by atoms with van der Waals surface area (Å²) in [6.45, 7) is 1.88. The first-order chi connectivity index (χ1) is 10.1. The van der Waals surface area contributed by atoms with Crippen molar-refractivity contribution in [1.29, 1.82) is 0 Å². The van der Waals surface area contributed by atoms with Gasteiger partial charge in [0.1, 0.15) is 18.1 Å². The zero-order chi connectivity index (χ0) is 15.2. The van der Waals surface area contributed by atoms with Crippen molar-refractivity contribution in [3.05, 3.63) is 41.1 Å². The molecule has 1 amide bonds. The SMILES string of the molecule is CCCCC(=O)Nc1ccc(Cl)c(-c2ccc(CO)o2)c1. The lowest BCUT2D eigenvalue weighted by molar-refractivity contribution is -0.116. The second kappa shape index (κ2) is 7.29. The molecule has 1 aromatic heterocycles. The van der Waals surface area contributed by atoms with Gasteiger partial charge in [0.2, 0.25) is 5.91 Å². The summed E-state index contributed by atoms with van der Waals surface area (Å²) in [4.78, 5) is 11.8. The van der Waals surface area contributed by atoms with Crippen molar-refractivity contribution in [2.45, 2.75) is 32.8 Å². The molecule has 2 N–H and O–H groups in total. The van der Waals surface area contributed by atoms with Crippen LogP contribution in [0.25, 0.3) is 11.3 Å². The van der Waals surface area contributed by atoms with Crippen LogP contribution >= 0.6 is 11.6 Å². The Labute approximate surface area is 128 Å². The van der Waals surface area contributed by atoms with Gasteiger partial charge in [-0.2, -0.15) is 0 Å². The number of anilines is 1. The molecule has 2 rings (SSSR count). The number of nitrogens with one attached hydrogen (secondary N) is 1. The lowest BCUT2D eigenvalue weighted by atomic mass is 10.1. The highest BCUT2D eigenvalue weighted by molar-refractivity contribution is 6.33. The summed E-state index contributed by atoms with van der Waals surface area (Å²) in [5.41, 5.74) is 1.36. The van der Waals surface area contributed by atoms with Gasteiger partial charge in [-0.05, 0) is 36.8 Å². The maximum absolute atomic E-state index is 11.8. The summed E-state index contributed by atoms with van der Waals surface area (Å²) >= 11 is 6.17. The Morgan fingerprint density at radius 2 is 2.14 bits per heavy atom. The summed E-state index contributed by atoms with van der Waals surface area (Å²) in [5.74, 6) is 1.02. The van der Waals surface area contributed by atoms with Crippen LogP contribution in [0, 0.1) is 0 Å². The highest BCUT2D eigenvalue weighted by Crippen LogP contribution is 2.32. The minimum atomic E-state index is -0.162. The lowest BCUT2D eigenvalue weighted by Gasteiger charge is -2.08. The fraction of sp³-hybridized carbons (Fsp3) is 0.312. The molecule has 1 aromatic carbocycles. The van der Waals surface area contributed by atoms with Gasteiger partial charge >= 0.3 is 0 Å². The van der Waals surface area contributed by atoms with E-state index in [1.54, 1.807) is 30.3 Å². The molecule has 0 aliphatic rings. The summed E-state index contributed by atoms with van der Waals surface area (Å²) in [5, 5.41) is 12.4. The molecule has 0 saturated heterocycles. The average Bonchev–Trinajstić information content (AvgIpc) is 2.96. The predicted molar refractivity (Wildman–Crippen MR) is 83.2 cm³/mol. The normalized spacial score (nSPS) is 10.6. The van der Waals surface area contributed by atoms with Crippen LogP contribution in [-0.2, 0) is 11.4 Å². The monoisotopic (exact) mass is 307 g/mol. The van der Waals surface area contributed by atoms with E-state index in [-0.39, 0.29) is 12.5 Å². The van der Waals surface area contributed by atoms with Gasteiger partial charge in [0.15, 0.2) is 0 Å². The first-order valence-electron chi connectivity index (χ1n) is 6.93. The number of benzene rings is 1. The van der Waals surface area contributed by atoms with Crippen LogP contribution in [0.3, 0.4) is 0 Å². The number of rotatable bonds is 6. The van der Waals surface area contributed by atoms with E-state index >= 15 is 0 Å². The Kier molecular flexibility index (Phi) is 5.42. The maximum Gasteiger partial charge on any atom is 0.224 e. The molecular formula is C16H18ClNO3. The van der Waals surface area contributed by atoms with E-state index in [1.807, 2.05) is 6.92 Å². The third-order valence-electron chi connectivity index (χ3n) is 3.09. The van der Waals surface area contributed by atoms with E-state index in [0.717, 1.165) is 12.8 Å². The van der Waals surface area contributed by atoms with Crippen molar-refractivity contribution in [2.75, 3.05) is 5.32 Å². The fourth-order valence-corrected chi connectivity index (χ4v) is 2.17. The highest BCUT2D eigenvalue weighted by atomic mass is 35.5. The molecule has 0 radical (unpaired) electrons. The minimum Gasteiger partial charge on any atom is -0.459 e. The van der Waals surface area contributed by atoms with E-state index < -0.39 is 0 Å². The molecule has 1 heterocycles. The van der Waals surface area contributed by atoms with Gasteiger partial charge in [-0.15, -0.1) is 0 Å². The minimum absolute atomic E-state index is 0.0133. The van der Waals surface area contributed by atoms with E-state index in [0.29, 0.717) is 34.2 Å². The van der Waals surface area contributed by atoms with Gasteiger partial charge in [-0.25, -0.2) is 0 Å². The largest absolute Gasteiger partial charge is 0.459 e. The number of furan rings is 1. The zero-order valence-electron chi connectivity index (χ0n) is 11.9. The molecule has 5 heteroatoms. The number of hydrogen-bond donors (Lipinski definition) is 2. The lowest BCUT2D eigenvalue weighted by Crippen LogP contribution is -2.10. The van der Waals surface area contributed by atoms with Crippen LogP contribution in [-0.4, -0.2) is 11.0 Å². The van der Waals surface area contributed by atoms with Crippen molar-refractivity contribution in [3.8, 4) is 11.3 Å². The highest BCUT2D eigenvalue weighted by Gasteiger charge is 2.10. The zero-order valence-corrected chi connectivity index (χ0v) is 12.6. The number of carbonyl (C=O) groups excluding carboxylic acids is 1. The molecule has 0 bridgehead atoms. The molecular weight excluding hydrogens is 290 g/mol. The second-order valence-corrected chi connectivity index (χ2v) is 5.18. The molecule has 4 nitrogen and oxygen atoms in total. The predicted octanol–water partition coefficient (Wildman–Crippen LogP) is 4.22. The summed E-state index contributed by atoms with van der Waals surface area (Å²) in [6, 6.07) is 8.68. The quantitative estimate of drug-likeness (QED) is 0.840. The number of halogens is 1. The second-order valence-electron chi connectivity index (χ2n) is 4.77. The van der Waals surface area contributed by atoms with Crippen LogP contribution in [0.15, 0.2) is 34.7 Å². The first kappa shape index (κ1) is 15.6. The molecule has 0 aliphatic heterocycles. The van der Waals surface area contributed by atoms with Gasteiger partial charge in [-0.3, -0.25) is 4.79 Å². The Morgan fingerprint density at radius 3 is 2.81 bits per heavy atom. The molecule has 0 fully saturated rings.